The lowest BCUT2D eigenvalue weighted by Crippen LogP contribution is -2.40. The summed E-state index contributed by atoms with van der Waals surface area (Å²) in [6.45, 7) is 1.65. The lowest BCUT2D eigenvalue weighted by atomic mass is 10.1. The van der Waals surface area contributed by atoms with Crippen molar-refractivity contribution >= 4 is 15.9 Å². The fraction of sp³-hybridized carbons (Fsp3) is 0.471. The van der Waals surface area contributed by atoms with Gasteiger partial charge in [0.1, 0.15) is 18.3 Å². The average Bonchev–Trinajstić information content (AvgIpc) is 2.86. The van der Waals surface area contributed by atoms with Crippen molar-refractivity contribution in [3.63, 3.8) is 0 Å². The number of benzene rings is 1. The Hall–Kier alpha value is -1.96. The van der Waals surface area contributed by atoms with Gasteiger partial charge in [-0.1, -0.05) is 23.6 Å². The molecule has 1 aromatic rings. The number of sulfonamides is 1. The number of hydrogen-bond donors (Lipinski definition) is 4. The standard InChI is InChI=1S/C17H22N2O6S/c1-3-8-18-15(20)9-13-16(21)17(22)14(25-13)10-19-26(23,24)12-6-4-11(2)5-7-12/h1,4-7,13-14,16-17,19,21-22H,8-10H2,2H3,(H,18,20). The van der Waals surface area contributed by atoms with Crippen LogP contribution < -0.4 is 10.0 Å². The van der Waals surface area contributed by atoms with E-state index in [2.05, 4.69) is 16.0 Å². The number of amides is 1. The third-order valence-electron chi connectivity index (χ3n) is 4.04. The molecule has 1 aliphatic heterocycles. The molecule has 0 bridgehead atoms. The van der Waals surface area contributed by atoms with Gasteiger partial charge in [0.15, 0.2) is 0 Å². The van der Waals surface area contributed by atoms with Crippen LogP contribution in [0.2, 0.25) is 0 Å². The number of terminal acetylenes is 1. The second-order valence-corrected chi connectivity index (χ2v) is 7.81. The Balaban J connectivity index is 1.94. The third kappa shape index (κ3) is 5.03. The fourth-order valence-corrected chi connectivity index (χ4v) is 3.60. The molecule has 8 nitrogen and oxygen atoms in total. The molecule has 0 aromatic heterocycles. The number of aliphatic hydroxyl groups is 2. The van der Waals surface area contributed by atoms with E-state index >= 15 is 0 Å². The van der Waals surface area contributed by atoms with E-state index < -0.39 is 40.3 Å². The van der Waals surface area contributed by atoms with Crippen molar-refractivity contribution in [3.8, 4) is 12.3 Å². The Morgan fingerprint density at radius 2 is 1.85 bits per heavy atom. The van der Waals surface area contributed by atoms with E-state index in [-0.39, 0.29) is 24.4 Å². The van der Waals surface area contributed by atoms with Crippen molar-refractivity contribution in [3.05, 3.63) is 29.8 Å². The number of carbonyl (C=O) groups is 1. The Morgan fingerprint density at radius 3 is 2.46 bits per heavy atom. The normalized spacial score (nSPS) is 25.6. The van der Waals surface area contributed by atoms with Crippen LogP contribution in [0.3, 0.4) is 0 Å². The lowest BCUT2D eigenvalue weighted by molar-refractivity contribution is -0.124. The monoisotopic (exact) mass is 382 g/mol. The number of carbonyl (C=O) groups excluding carboxylic acids is 1. The molecule has 1 fully saturated rings. The molecule has 1 aliphatic rings. The highest BCUT2D eigenvalue weighted by Crippen LogP contribution is 2.23. The van der Waals surface area contributed by atoms with Gasteiger partial charge >= 0.3 is 0 Å². The van der Waals surface area contributed by atoms with E-state index in [9.17, 15) is 23.4 Å². The van der Waals surface area contributed by atoms with Crippen LogP contribution in [0.1, 0.15) is 12.0 Å². The van der Waals surface area contributed by atoms with E-state index in [0.717, 1.165) is 5.56 Å². The van der Waals surface area contributed by atoms with Gasteiger partial charge < -0.3 is 20.3 Å². The summed E-state index contributed by atoms with van der Waals surface area (Å²) in [4.78, 5) is 11.7. The zero-order chi connectivity index (χ0) is 19.3. The van der Waals surface area contributed by atoms with E-state index in [1.807, 2.05) is 6.92 Å². The average molecular weight is 382 g/mol. The summed E-state index contributed by atoms with van der Waals surface area (Å²) in [7, 11) is -3.78. The van der Waals surface area contributed by atoms with Gasteiger partial charge in [-0.15, -0.1) is 6.42 Å². The van der Waals surface area contributed by atoms with Crippen molar-refractivity contribution in [1.29, 1.82) is 0 Å². The molecule has 0 spiro atoms. The molecule has 1 heterocycles. The van der Waals surface area contributed by atoms with Crippen LogP contribution in [0, 0.1) is 19.3 Å². The van der Waals surface area contributed by atoms with Gasteiger partial charge in [0.2, 0.25) is 15.9 Å². The second kappa shape index (κ2) is 8.62. The molecule has 4 N–H and O–H groups in total. The smallest absolute Gasteiger partial charge is 0.240 e. The summed E-state index contributed by atoms with van der Waals surface area (Å²) in [5.41, 5.74) is 0.924. The largest absolute Gasteiger partial charge is 0.388 e. The van der Waals surface area contributed by atoms with Gasteiger partial charge in [-0.25, -0.2) is 13.1 Å². The molecule has 2 rings (SSSR count). The molecule has 1 saturated heterocycles. The Labute approximate surface area is 152 Å². The zero-order valence-corrected chi connectivity index (χ0v) is 15.1. The van der Waals surface area contributed by atoms with Crippen LogP contribution in [0.5, 0.6) is 0 Å². The quantitative estimate of drug-likeness (QED) is 0.444. The number of rotatable bonds is 7. The number of aryl methyl sites for hydroxylation is 1. The molecular weight excluding hydrogens is 360 g/mol. The maximum absolute atomic E-state index is 12.3. The van der Waals surface area contributed by atoms with E-state index in [1.165, 1.54) is 12.1 Å². The highest BCUT2D eigenvalue weighted by atomic mass is 32.2. The first kappa shape index (κ1) is 20.4. The zero-order valence-electron chi connectivity index (χ0n) is 14.3. The van der Waals surface area contributed by atoms with Crippen molar-refractivity contribution < 1.29 is 28.2 Å². The summed E-state index contributed by atoms with van der Waals surface area (Å²) in [5.74, 6) is 1.82. The van der Waals surface area contributed by atoms with Gasteiger partial charge in [0.25, 0.3) is 0 Å². The summed E-state index contributed by atoms with van der Waals surface area (Å²) in [6, 6.07) is 6.28. The van der Waals surface area contributed by atoms with Gasteiger partial charge in [-0.05, 0) is 19.1 Å². The fourth-order valence-electron chi connectivity index (χ4n) is 2.56. The molecule has 4 atom stereocenters. The predicted octanol–water partition coefficient (Wildman–Crippen LogP) is -1.10. The summed E-state index contributed by atoms with van der Waals surface area (Å²) >= 11 is 0. The molecule has 142 valence electrons. The highest BCUT2D eigenvalue weighted by Gasteiger charge is 2.43. The maximum atomic E-state index is 12.3. The van der Waals surface area contributed by atoms with Gasteiger partial charge in [0, 0.05) is 6.54 Å². The molecule has 0 aliphatic carbocycles. The minimum Gasteiger partial charge on any atom is -0.388 e. The van der Waals surface area contributed by atoms with Crippen molar-refractivity contribution in [1.82, 2.24) is 10.0 Å². The van der Waals surface area contributed by atoms with E-state index in [1.54, 1.807) is 12.1 Å². The summed E-state index contributed by atoms with van der Waals surface area (Å²) < 4.78 is 32.3. The van der Waals surface area contributed by atoms with Gasteiger partial charge in [0.05, 0.1) is 24.0 Å². The topological polar surface area (TPSA) is 125 Å². The lowest BCUT2D eigenvalue weighted by Gasteiger charge is -2.15. The molecule has 9 heteroatoms. The number of ether oxygens (including phenoxy) is 1. The molecule has 0 radical (unpaired) electrons. The first-order chi connectivity index (χ1) is 12.2. The molecule has 0 saturated carbocycles. The molecule has 1 amide bonds. The van der Waals surface area contributed by atoms with Gasteiger partial charge in [-0.2, -0.15) is 0 Å². The van der Waals surface area contributed by atoms with Crippen LogP contribution >= 0.6 is 0 Å². The number of nitrogens with one attached hydrogen (secondary N) is 2. The first-order valence-electron chi connectivity index (χ1n) is 8.02. The first-order valence-corrected chi connectivity index (χ1v) is 9.51. The number of hydrogen-bond acceptors (Lipinski definition) is 6. The molecule has 4 unspecified atom stereocenters. The summed E-state index contributed by atoms with van der Waals surface area (Å²) in [5, 5.41) is 22.5. The van der Waals surface area contributed by atoms with Crippen molar-refractivity contribution in [2.45, 2.75) is 42.7 Å². The second-order valence-electron chi connectivity index (χ2n) is 6.04. The van der Waals surface area contributed by atoms with Crippen LogP contribution in [0.4, 0.5) is 0 Å². The van der Waals surface area contributed by atoms with E-state index in [0.29, 0.717) is 0 Å². The molecule has 1 aromatic carbocycles. The van der Waals surface area contributed by atoms with Crippen LogP contribution in [0.15, 0.2) is 29.2 Å². The van der Waals surface area contributed by atoms with Crippen LogP contribution in [-0.2, 0) is 19.6 Å². The van der Waals surface area contributed by atoms with Crippen molar-refractivity contribution in [2.24, 2.45) is 0 Å². The Kier molecular flexibility index (Phi) is 6.75. The third-order valence-corrected chi connectivity index (χ3v) is 5.48. The SMILES string of the molecule is C#CCNC(=O)CC1OC(CNS(=O)(=O)c2ccc(C)cc2)C(O)C1O. The van der Waals surface area contributed by atoms with Crippen LogP contribution in [0.25, 0.3) is 0 Å². The van der Waals surface area contributed by atoms with Crippen molar-refractivity contribution in [2.75, 3.05) is 13.1 Å². The maximum Gasteiger partial charge on any atom is 0.240 e. The molecular formula is C17H22N2O6S. The van der Waals surface area contributed by atoms with Gasteiger partial charge in [-0.3, -0.25) is 4.79 Å². The highest BCUT2D eigenvalue weighted by molar-refractivity contribution is 7.89. The minimum absolute atomic E-state index is 0.0456. The van der Waals surface area contributed by atoms with Crippen LogP contribution in [-0.4, -0.2) is 62.0 Å². The Bertz CT molecular complexity index is 771. The van der Waals surface area contributed by atoms with E-state index in [4.69, 9.17) is 11.2 Å². The Morgan fingerprint density at radius 1 is 1.23 bits per heavy atom. The molecule has 26 heavy (non-hydrogen) atoms. The number of aliphatic hydroxyl groups excluding tert-OH is 2. The minimum atomic E-state index is -3.78. The summed E-state index contributed by atoms with van der Waals surface area (Å²) in [6.07, 6.45) is 0.302. The predicted molar refractivity (Wildman–Crippen MR) is 93.5 cm³/mol.